The quantitative estimate of drug-likeness (QED) is 0.0273. The average molecular weight is 1130 g/mol. The van der Waals surface area contributed by atoms with E-state index in [1.165, 1.54) is 263 Å². The van der Waals surface area contributed by atoms with Crippen molar-refractivity contribution in [3.05, 3.63) is 99.3 Å². The summed E-state index contributed by atoms with van der Waals surface area (Å²) >= 11 is 0. The molecule has 458 valence electrons. The molecule has 0 spiro atoms. The smallest absolute Gasteiger partial charge is 0.493 e. The van der Waals surface area contributed by atoms with Gasteiger partial charge in [0, 0.05) is 22.3 Å². The first-order valence-electron chi connectivity index (χ1n) is 35.1. The van der Waals surface area contributed by atoms with E-state index in [1.807, 2.05) is 0 Å². The van der Waals surface area contributed by atoms with Crippen LogP contribution in [0.15, 0.2) is 35.4 Å². The zero-order valence-corrected chi connectivity index (χ0v) is 55.9. The summed E-state index contributed by atoms with van der Waals surface area (Å²) in [6.45, 7) is 30.7. The Labute approximate surface area is 506 Å². The molecule has 0 aliphatic carbocycles. The third kappa shape index (κ3) is 33.2. The van der Waals surface area contributed by atoms with Crippen LogP contribution >= 0.6 is 0 Å². The summed E-state index contributed by atoms with van der Waals surface area (Å²) in [5.74, 6) is 0. The maximum atomic E-state index is 12.3. The van der Waals surface area contributed by atoms with Gasteiger partial charge in [-0.05, 0) is 135 Å². The van der Waals surface area contributed by atoms with Crippen molar-refractivity contribution in [3.8, 4) is 0 Å². The molecule has 0 amide bonds. The minimum Gasteiger partial charge on any atom is -0.493 e. The van der Waals surface area contributed by atoms with E-state index in [1.54, 1.807) is 15.8 Å². The Morgan fingerprint density at radius 2 is 0.494 bits per heavy atom. The van der Waals surface area contributed by atoms with Gasteiger partial charge in [0.2, 0.25) is 11.4 Å². The number of unbranched alkanes of at least 4 members (excludes halogenated alkanes) is 34. The fraction of sp³-hybridized carbons (Fsp3) is 0.763. The molecule has 2 nitrogen and oxygen atoms in total. The van der Waals surface area contributed by atoms with Gasteiger partial charge in [0.05, 0.1) is 0 Å². The SMILES string of the molecule is CCCCC1=C(c2cc(CC)c(CCCC)c(CC)c2)[N+](=[N-])C(c2cc(CC)c(CCCC)c(CC)c2)=C1CCCC.[CH2-]CCCCCCCCCCCCCCCCC.[CH2-]CCCCCCCCCCCCCCCCC.[Ni+2]. The topological polar surface area (TPSA) is 25.3 Å². The van der Waals surface area contributed by atoms with Crippen molar-refractivity contribution in [2.45, 2.75) is 377 Å². The van der Waals surface area contributed by atoms with Gasteiger partial charge in [0.1, 0.15) is 0 Å². The second kappa shape index (κ2) is 54.0. The predicted octanol–water partition coefficient (Wildman–Crippen LogP) is 26.3. The summed E-state index contributed by atoms with van der Waals surface area (Å²) in [7, 11) is 0. The number of benzene rings is 2. The first-order valence-corrected chi connectivity index (χ1v) is 35.1. The molecular formula is C76H134N2Ni. The van der Waals surface area contributed by atoms with Crippen LogP contribution in [0.3, 0.4) is 0 Å². The average Bonchev–Trinajstić information content (AvgIpc) is 3.91. The third-order valence-corrected chi connectivity index (χ3v) is 17.1. The monoisotopic (exact) mass is 1130 g/mol. The number of hydrogen-bond acceptors (Lipinski definition) is 0. The maximum Gasteiger partial charge on any atom is 2.00 e. The van der Waals surface area contributed by atoms with Gasteiger partial charge in [-0.1, -0.05) is 288 Å². The van der Waals surface area contributed by atoms with Crippen molar-refractivity contribution in [2.24, 2.45) is 0 Å². The van der Waals surface area contributed by atoms with Crippen molar-refractivity contribution >= 4 is 11.4 Å². The van der Waals surface area contributed by atoms with Gasteiger partial charge >= 0.3 is 16.5 Å². The summed E-state index contributed by atoms with van der Waals surface area (Å²) < 4.78 is 1.62. The molecular weight excluding hydrogens is 1000 g/mol. The van der Waals surface area contributed by atoms with Gasteiger partial charge in [0.25, 0.3) is 0 Å². The van der Waals surface area contributed by atoms with Crippen LogP contribution in [0, 0.1) is 13.8 Å². The minimum atomic E-state index is 0. The van der Waals surface area contributed by atoms with E-state index in [0.717, 1.165) is 101 Å². The fourth-order valence-corrected chi connectivity index (χ4v) is 12.1. The van der Waals surface area contributed by atoms with Crippen molar-refractivity contribution < 1.29 is 21.2 Å². The first kappa shape index (κ1) is 77.0. The number of aryl methyl sites for hydroxylation is 4. The van der Waals surface area contributed by atoms with Crippen molar-refractivity contribution in [1.82, 2.24) is 0 Å². The molecule has 1 aliphatic heterocycles. The molecule has 0 aromatic heterocycles. The Hall–Kier alpha value is -1.99. The van der Waals surface area contributed by atoms with Crippen LogP contribution in [0.1, 0.15) is 383 Å². The molecule has 0 bridgehead atoms. The standard InChI is InChI=1S/C40H60N2.2C18H37.Ni/c1-9-17-21-35-29(13-5)25-33(26-30(35)14-6)39-37(23-19-11-3)38(24-20-12-4)40(42(39)41)34-27-31(15-7)36(22-18-10-2)32(16-8)28-34;2*1-3-5-7-9-11-13-15-17-18-16-14-12-10-8-6-4-2;/h25-28H,9-24H2,1-8H3;2*1,3-18H2,2H3;/q;2*-1;+2. The molecule has 0 fully saturated rings. The van der Waals surface area contributed by atoms with Crippen LogP contribution in [0.5, 0.6) is 0 Å². The van der Waals surface area contributed by atoms with Crippen LogP contribution in [-0.4, -0.2) is 4.70 Å². The van der Waals surface area contributed by atoms with Crippen LogP contribution in [0.25, 0.3) is 16.9 Å². The van der Waals surface area contributed by atoms with Crippen LogP contribution in [0.2, 0.25) is 0 Å². The molecule has 2 aromatic carbocycles. The summed E-state index contributed by atoms with van der Waals surface area (Å²) in [5, 5.41) is 0. The second-order valence-corrected chi connectivity index (χ2v) is 23.9. The molecule has 0 N–H and O–H groups in total. The minimum absolute atomic E-state index is 0. The van der Waals surface area contributed by atoms with Gasteiger partial charge in [-0.2, -0.15) is 12.8 Å². The molecule has 3 rings (SSSR count). The summed E-state index contributed by atoms with van der Waals surface area (Å²) in [6.07, 6.45) is 63.6. The van der Waals surface area contributed by atoms with E-state index in [0.29, 0.717) is 0 Å². The van der Waals surface area contributed by atoms with E-state index in [2.05, 4.69) is 107 Å². The third-order valence-electron chi connectivity index (χ3n) is 17.1. The van der Waals surface area contributed by atoms with Gasteiger partial charge in [-0.3, -0.25) is 0 Å². The van der Waals surface area contributed by atoms with E-state index < -0.39 is 0 Å². The Bertz CT molecular complexity index is 1600. The van der Waals surface area contributed by atoms with E-state index in [4.69, 9.17) is 0 Å². The number of rotatable bonds is 48. The Kier molecular flexibility index (Phi) is 52.6. The molecule has 0 atom stereocenters. The molecule has 0 radical (unpaired) electrons. The summed E-state index contributed by atoms with van der Waals surface area (Å²) in [6, 6.07) is 9.66. The summed E-state index contributed by atoms with van der Waals surface area (Å²) in [4.78, 5) is 0. The second-order valence-electron chi connectivity index (χ2n) is 23.9. The molecule has 1 heterocycles. The van der Waals surface area contributed by atoms with Gasteiger partial charge in [0.15, 0.2) is 0 Å². The van der Waals surface area contributed by atoms with Crippen molar-refractivity contribution in [3.63, 3.8) is 0 Å². The molecule has 0 saturated heterocycles. The van der Waals surface area contributed by atoms with Crippen LogP contribution < -0.4 is 0 Å². The molecule has 1 aliphatic rings. The zero-order valence-electron chi connectivity index (χ0n) is 54.9. The number of hydrogen-bond donors (Lipinski definition) is 0. The molecule has 3 heteroatoms. The van der Waals surface area contributed by atoms with E-state index in [9.17, 15) is 5.53 Å². The van der Waals surface area contributed by atoms with Crippen LogP contribution in [0.4, 0.5) is 0 Å². The normalized spacial score (nSPS) is 12.3. The van der Waals surface area contributed by atoms with Gasteiger partial charge in [-0.15, -0.1) is 0 Å². The molecule has 79 heavy (non-hydrogen) atoms. The largest absolute Gasteiger partial charge is 2.00 e. The van der Waals surface area contributed by atoms with Crippen molar-refractivity contribution in [2.75, 3.05) is 0 Å². The number of nitrogens with zero attached hydrogens (tertiary/aromatic N) is 2. The van der Waals surface area contributed by atoms with E-state index in [-0.39, 0.29) is 16.5 Å². The first-order chi connectivity index (χ1) is 38.3. The maximum absolute atomic E-state index is 12.3. The Balaban J connectivity index is 0.00000136. The molecule has 0 unspecified atom stereocenters. The van der Waals surface area contributed by atoms with Crippen molar-refractivity contribution in [1.29, 1.82) is 0 Å². The molecule has 2 aromatic rings. The molecule has 0 saturated carbocycles. The number of allylic oxidation sites excluding steroid dienone is 2. The predicted molar refractivity (Wildman–Crippen MR) is 354 cm³/mol. The summed E-state index contributed by atoms with van der Waals surface area (Å²) in [5.41, 5.74) is 28.5. The van der Waals surface area contributed by atoms with Gasteiger partial charge < -0.3 is 19.4 Å². The van der Waals surface area contributed by atoms with E-state index >= 15 is 0 Å². The fourth-order valence-electron chi connectivity index (χ4n) is 12.1. The van der Waals surface area contributed by atoms with Gasteiger partial charge in [-0.25, -0.2) is 4.70 Å². The van der Waals surface area contributed by atoms with Crippen LogP contribution in [-0.2, 0) is 55.0 Å². The Morgan fingerprint density at radius 1 is 0.291 bits per heavy atom. The Morgan fingerprint density at radius 3 is 0.696 bits per heavy atom. The zero-order chi connectivity index (χ0) is 57.3.